The zero-order valence-electron chi connectivity index (χ0n) is 15.1. The second-order valence-electron chi connectivity index (χ2n) is 6.95. The quantitative estimate of drug-likeness (QED) is 0.738. The van der Waals surface area contributed by atoms with Crippen LogP contribution < -0.4 is 10.6 Å². The van der Waals surface area contributed by atoms with Crippen LogP contribution in [-0.2, 0) is 22.4 Å². The Bertz CT molecular complexity index is 595. The smallest absolute Gasteiger partial charge is 0.341 e. The maximum atomic E-state index is 12.4. The van der Waals surface area contributed by atoms with Gasteiger partial charge in [-0.05, 0) is 37.7 Å². The van der Waals surface area contributed by atoms with Crippen LogP contribution in [0.25, 0.3) is 0 Å². The number of nitrogens with two attached hydrogens (primary N) is 1. The lowest BCUT2D eigenvalue weighted by Gasteiger charge is -2.18. The fourth-order valence-electron chi connectivity index (χ4n) is 2.98. The molecule has 2 rings (SSSR count). The van der Waals surface area contributed by atoms with E-state index in [1.54, 1.807) is 18.3 Å². The number of quaternary nitrogens is 1. The molecule has 0 spiro atoms. The summed E-state index contributed by atoms with van der Waals surface area (Å²) >= 11 is 1.54. The Morgan fingerprint density at radius 2 is 2.17 bits per heavy atom. The summed E-state index contributed by atoms with van der Waals surface area (Å²) in [5, 5.41) is 5.61. The van der Waals surface area contributed by atoms with Gasteiger partial charge in [-0.3, -0.25) is 4.79 Å². The average molecular weight is 354 g/mol. The van der Waals surface area contributed by atoms with E-state index in [2.05, 4.69) is 26.1 Å². The first kappa shape index (κ1) is 18.9. The van der Waals surface area contributed by atoms with Gasteiger partial charge in [-0.2, -0.15) is 0 Å². The number of rotatable bonds is 7. The highest BCUT2D eigenvalue weighted by Gasteiger charge is 2.29. The number of fused-ring (bicyclic) bond motifs is 1. The topological polar surface area (TPSA) is 72.0 Å². The molecule has 0 aliphatic heterocycles. The highest BCUT2D eigenvalue weighted by atomic mass is 32.1. The van der Waals surface area contributed by atoms with Crippen LogP contribution in [0.5, 0.6) is 0 Å². The van der Waals surface area contributed by atoms with Gasteiger partial charge in [0, 0.05) is 10.8 Å². The molecule has 3 N–H and O–H groups in total. The summed E-state index contributed by atoms with van der Waals surface area (Å²) in [5.41, 5.74) is 1.67. The minimum atomic E-state index is -0.314. The maximum absolute atomic E-state index is 12.4. The fourth-order valence-corrected chi connectivity index (χ4v) is 4.40. The standard InChI is InChI=1S/C18H28N2O3S/c1-5-23-18(22)16-13-7-6-12(4)8-14(13)24-17(16)20-15(21)10-19-9-11(2)3/h11-12,19H,5-10H2,1-4H3,(H,20,21)/p+1/t12-/m1/s1. The molecule has 0 saturated heterocycles. The first-order valence-corrected chi connectivity index (χ1v) is 9.67. The summed E-state index contributed by atoms with van der Waals surface area (Å²) < 4.78 is 5.22. The molecule has 134 valence electrons. The summed E-state index contributed by atoms with van der Waals surface area (Å²) in [7, 11) is 0. The van der Waals surface area contributed by atoms with Crippen molar-refractivity contribution >= 4 is 28.2 Å². The monoisotopic (exact) mass is 353 g/mol. The molecule has 1 amide bonds. The average Bonchev–Trinajstić information content (AvgIpc) is 2.83. The summed E-state index contributed by atoms with van der Waals surface area (Å²) in [6, 6.07) is 0. The summed E-state index contributed by atoms with van der Waals surface area (Å²) in [6.45, 7) is 9.92. The van der Waals surface area contributed by atoms with Crippen LogP contribution in [0.1, 0.15) is 54.9 Å². The van der Waals surface area contributed by atoms with Crippen molar-refractivity contribution in [2.24, 2.45) is 11.8 Å². The third-order valence-corrected chi connectivity index (χ3v) is 5.38. The van der Waals surface area contributed by atoms with Crippen LogP contribution >= 0.6 is 11.3 Å². The number of thiophene rings is 1. The first-order chi connectivity index (χ1) is 11.4. The number of hydrogen-bond donors (Lipinski definition) is 2. The predicted molar refractivity (Wildman–Crippen MR) is 96.6 cm³/mol. The molecule has 1 aliphatic rings. The fraction of sp³-hybridized carbons (Fsp3) is 0.667. The highest BCUT2D eigenvalue weighted by Crippen LogP contribution is 2.40. The van der Waals surface area contributed by atoms with E-state index < -0.39 is 0 Å². The molecule has 0 radical (unpaired) electrons. The van der Waals surface area contributed by atoms with Gasteiger partial charge >= 0.3 is 5.97 Å². The van der Waals surface area contributed by atoms with Crippen LogP contribution in [-0.4, -0.2) is 31.6 Å². The number of anilines is 1. The minimum absolute atomic E-state index is 0.0622. The summed E-state index contributed by atoms with van der Waals surface area (Å²) in [5.74, 6) is 0.788. The van der Waals surface area contributed by atoms with Gasteiger partial charge in [0.2, 0.25) is 0 Å². The zero-order valence-corrected chi connectivity index (χ0v) is 15.9. The second-order valence-corrected chi connectivity index (χ2v) is 8.05. The van der Waals surface area contributed by atoms with Crippen molar-refractivity contribution in [1.29, 1.82) is 0 Å². The molecule has 1 heterocycles. The molecule has 1 aliphatic carbocycles. The van der Waals surface area contributed by atoms with Gasteiger partial charge in [0.05, 0.1) is 18.7 Å². The Balaban J connectivity index is 2.15. The van der Waals surface area contributed by atoms with Crippen molar-refractivity contribution in [3.63, 3.8) is 0 Å². The SMILES string of the molecule is CCOC(=O)c1c(NC(=O)C[NH2+]CC(C)C)sc2c1CC[C@@H](C)C2. The van der Waals surface area contributed by atoms with Crippen molar-refractivity contribution in [3.05, 3.63) is 16.0 Å². The van der Waals surface area contributed by atoms with Crippen LogP contribution in [0.2, 0.25) is 0 Å². The number of nitrogens with one attached hydrogen (secondary N) is 1. The lowest BCUT2D eigenvalue weighted by Crippen LogP contribution is -2.87. The Kier molecular flexibility index (Phi) is 6.80. The number of esters is 1. The van der Waals surface area contributed by atoms with Gasteiger partial charge in [0.15, 0.2) is 6.54 Å². The van der Waals surface area contributed by atoms with Crippen LogP contribution in [0, 0.1) is 11.8 Å². The summed E-state index contributed by atoms with van der Waals surface area (Å²) in [6.07, 6.45) is 2.93. The molecule has 1 aromatic heterocycles. The first-order valence-electron chi connectivity index (χ1n) is 8.85. The van der Waals surface area contributed by atoms with Gasteiger partial charge in [0.1, 0.15) is 5.00 Å². The lowest BCUT2D eigenvalue weighted by molar-refractivity contribution is -0.648. The number of hydrogen-bond acceptors (Lipinski definition) is 4. The molecule has 6 heteroatoms. The van der Waals surface area contributed by atoms with E-state index in [0.29, 0.717) is 35.6 Å². The molecule has 0 saturated carbocycles. The van der Waals surface area contributed by atoms with Crippen molar-refractivity contribution in [2.75, 3.05) is 25.0 Å². The van der Waals surface area contributed by atoms with E-state index >= 15 is 0 Å². The third kappa shape index (κ3) is 4.80. The molecule has 0 fully saturated rings. The Morgan fingerprint density at radius 1 is 1.42 bits per heavy atom. The van der Waals surface area contributed by atoms with E-state index in [0.717, 1.165) is 31.4 Å². The van der Waals surface area contributed by atoms with Crippen molar-refractivity contribution in [1.82, 2.24) is 0 Å². The Morgan fingerprint density at radius 3 is 2.83 bits per heavy atom. The van der Waals surface area contributed by atoms with Gasteiger partial charge in [-0.15, -0.1) is 11.3 Å². The molecule has 5 nitrogen and oxygen atoms in total. The van der Waals surface area contributed by atoms with Crippen molar-refractivity contribution < 1.29 is 19.6 Å². The number of carbonyl (C=O) groups is 2. The Hall–Kier alpha value is -1.40. The maximum Gasteiger partial charge on any atom is 0.341 e. The van der Waals surface area contributed by atoms with Gasteiger partial charge in [0.25, 0.3) is 5.91 Å². The van der Waals surface area contributed by atoms with E-state index in [4.69, 9.17) is 4.74 Å². The van der Waals surface area contributed by atoms with Gasteiger partial charge in [-0.1, -0.05) is 20.8 Å². The van der Waals surface area contributed by atoms with E-state index in [1.807, 2.05) is 5.32 Å². The number of ether oxygens (including phenoxy) is 1. The summed E-state index contributed by atoms with van der Waals surface area (Å²) in [4.78, 5) is 25.8. The lowest BCUT2D eigenvalue weighted by atomic mass is 9.88. The van der Waals surface area contributed by atoms with E-state index in [9.17, 15) is 9.59 Å². The second kappa shape index (κ2) is 8.62. The Labute approximate surface area is 148 Å². The molecular formula is C18H29N2O3S+. The molecule has 0 unspecified atom stereocenters. The third-order valence-electron chi connectivity index (χ3n) is 4.21. The van der Waals surface area contributed by atoms with E-state index in [-0.39, 0.29) is 11.9 Å². The molecular weight excluding hydrogens is 324 g/mol. The zero-order chi connectivity index (χ0) is 17.7. The van der Waals surface area contributed by atoms with Crippen LogP contribution in [0.3, 0.4) is 0 Å². The van der Waals surface area contributed by atoms with Gasteiger partial charge in [-0.25, -0.2) is 4.79 Å². The number of amides is 1. The normalized spacial score (nSPS) is 16.8. The van der Waals surface area contributed by atoms with Crippen molar-refractivity contribution in [3.8, 4) is 0 Å². The molecule has 1 atom stereocenters. The van der Waals surface area contributed by atoms with Gasteiger partial charge < -0.3 is 15.4 Å². The van der Waals surface area contributed by atoms with E-state index in [1.165, 1.54) is 4.88 Å². The number of carbonyl (C=O) groups excluding carboxylic acids is 2. The van der Waals surface area contributed by atoms with Crippen LogP contribution in [0.15, 0.2) is 0 Å². The largest absolute Gasteiger partial charge is 0.462 e. The molecule has 1 aromatic rings. The van der Waals surface area contributed by atoms with Crippen LogP contribution in [0.4, 0.5) is 5.00 Å². The molecule has 24 heavy (non-hydrogen) atoms. The molecule has 0 aromatic carbocycles. The highest BCUT2D eigenvalue weighted by molar-refractivity contribution is 7.17. The molecule has 0 bridgehead atoms. The van der Waals surface area contributed by atoms with Crippen molar-refractivity contribution in [2.45, 2.75) is 47.0 Å². The predicted octanol–water partition coefficient (Wildman–Crippen LogP) is 2.21. The minimum Gasteiger partial charge on any atom is -0.462 e.